The van der Waals surface area contributed by atoms with Crippen LogP contribution in [-0.2, 0) is 14.8 Å². The van der Waals surface area contributed by atoms with Crippen LogP contribution in [0, 0.1) is 5.92 Å². The Morgan fingerprint density at radius 1 is 1.26 bits per heavy atom. The monoisotopic (exact) mass is 342 g/mol. The van der Waals surface area contributed by atoms with E-state index in [9.17, 15) is 13.2 Å². The van der Waals surface area contributed by atoms with Crippen molar-refractivity contribution in [3.8, 4) is 5.75 Å². The van der Waals surface area contributed by atoms with Crippen molar-refractivity contribution < 1.29 is 17.9 Å². The van der Waals surface area contributed by atoms with Crippen molar-refractivity contribution >= 4 is 21.6 Å². The quantitative estimate of drug-likeness (QED) is 0.832. The molecule has 0 bridgehead atoms. The molecule has 130 valence electrons. The molecule has 0 aliphatic heterocycles. The van der Waals surface area contributed by atoms with Crippen molar-refractivity contribution in [3.05, 3.63) is 18.2 Å². The van der Waals surface area contributed by atoms with Gasteiger partial charge in [-0.2, -0.15) is 0 Å². The zero-order valence-electron chi connectivity index (χ0n) is 14.6. The molecule has 0 aliphatic rings. The average molecular weight is 342 g/mol. The minimum atomic E-state index is -3.68. The highest BCUT2D eigenvalue weighted by molar-refractivity contribution is 7.89. The van der Waals surface area contributed by atoms with E-state index in [1.807, 2.05) is 13.8 Å². The molecule has 1 aromatic carbocycles. The zero-order valence-corrected chi connectivity index (χ0v) is 15.4. The third kappa shape index (κ3) is 6.19. The van der Waals surface area contributed by atoms with Gasteiger partial charge in [-0.25, -0.2) is 13.1 Å². The number of anilines is 1. The maximum atomic E-state index is 12.4. The number of hydrogen-bond acceptors (Lipinski definition) is 4. The molecule has 6 nitrogen and oxygen atoms in total. The molecule has 0 fully saturated rings. The fraction of sp³-hybridized carbons (Fsp3) is 0.562. The van der Waals surface area contributed by atoms with Crippen LogP contribution >= 0.6 is 0 Å². The number of ether oxygens (including phenoxy) is 1. The number of methoxy groups -OCH3 is 1. The maximum absolute atomic E-state index is 12.4. The van der Waals surface area contributed by atoms with Crippen LogP contribution in [0.5, 0.6) is 5.75 Å². The Hall–Kier alpha value is -1.60. The van der Waals surface area contributed by atoms with E-state index in [2.05, 4.69) is 10.0 Å². The summed E-state index contributed by atoms with van der Waals surface area (Å²) in [4.78, 5) is 12.0. The number of carbonyl (C=O) groups excluding carboxylic acids is 1. The molecule has 2 N–H and O–H groups in total. The summed E-state index contributed by atoms with van der Waals surface area (Å²) in [5.41, 5.74) is -0.255. The Kier molecular flexibility index (Phi) is 6.18. The van der Waals surface area contributed by atoms with Gasteiger partial charge in [0.2, 0.25) is 15.9 Å². The van der Waals surface area contributed by atoms with E-state index in [4.69, 9.17) is 4.74 Å². The molecule has 0 saturated carbocycles. The van der Waals surface area contributed by atoms with Crippen molar-refractivity contribution in [2.75, 3.05) is 12.4 Å². The highest BCUT2D eigenvalue weighted by atomic mass is 32.2. The van der Waals surface area contributed by atoms with Gasteiger partial charge < -0.3 is 10.1 Å². The summed E-state index contributed by atoms with van der Waals surface area (Å²) in [6, 6.07) is 4.39. The number of sulfonamides is 1. The van der Waals surface area contributed by atoms with Crippen LogP contribution in [0.2, 0.25) is 0 Å². The van der Waals surface area contributed by atoms with Crippen LogP contribution in [0.1, 0.15) is 41.0 Å². The summed E-state index contributed by atoms with van der Waals surface area (Å²) in [6.07, 6.45) is 0.348. The lowest BCUT2D eigenvalue weighted by atomic mass is 10.1. The lowest BCUT2D eigenvalue weighted by Gasteiger charge is -2.21. The molecule has 0 heterocycles. The molecule has 0 spiro atoms. The van der Waals surface area contributed by atoms with Crippen LogP contribution in [0.3, 0.4) is 0 Å². The largest absolute Gasteiger partial charge is 0.495 e. The second-order valence-corrected chi connectivity index (χ2v) is 8.55. The van der Waals surface area contributed by atoms with Crippen LogP contribution in [0.15, 0.2) is 23.1 Å². The van der Waals surface area contributed by atoms with Crippen LogP contribution in [0.25, 0.3) is 0 Å². The first-order valence-electron chi connectivity index (χ1n) is 7.46. The number of hydrogen-bond donors (Lipinski definition) is 2. The second kappa shape index (κ2) is 7.31. The Balaban J connectivity index is 3.15. The molecule has 1 aromatic rings. The van der Waals surface area contributed by atoms with Crippen LogP contribution in [0.4, 0.5) is 5.69 Å². The molecule has 0 saturated heterocycles. The summed E-state index contributed by atoms with van der Waals surface area (Å²) in [5, 5.41) is 2.71. The number of nitrogens with one attached hydrogen (secondary N) is 2. The van der Waals surface area contributed by atoms with Gasteiger partial charge in [0.1, 0.15) is 5.75 Å². The molecular formula is C16H26N2O4S. The summed E-state index contributed by atoms with van der Waals surface area (Å²) in [6.45, 7) is 9.16. The van der Waals surface area contributed by atoms with Crippen molar-refractivity contribution in [2.45, 2.75) is 51.5 Å². The Labute approximate surface area is 138 Å². The molecule has 0 radical (unpaired) electrons. The number of amides is 1. The topological polar surface area (TPSA) is 84.5 Å². The van der Waals surface area contributed by atoms with E-state index in [0.29, 0.717) is 17.9 Å². The molecule has 0 aromatic heterocycles. The molecule has 0 aliphatic carbocycles. The fourth-order valence-corrected chi connectivity index (χ4v) is 3.43. The number of carbonyl (C=O) groups is 1. The van der Waals surface area contributed by atoms with Gasteiger partial charge >= 0.3 is 0 Å². The SMILES string of the molecule is COc1ccc(S(=O)(=O)NC(C)(C)C)cc1NC(=O)CC(C)C. The van der Waals surface area contributed by atoms with Crippen LogP contribution in [-0.4, -0.2) is 27.0 Å². The first-order chi connectivity index (χ1) is 10.4. The third-order valence-corrected chi connectivity index (χ3v) is 4.55. The predicted molar refractivity (Wildman–Crippen MR) is 91.2 cm³/mol. The van der Waals surface area contributed by atoms with E-state index >= 15 is 0 Å². The number of benzene rings is 1. The van der Waals surface area contributed by atoms with E-state index in [1.54, 1.807) is 20.8 Å². The van der Waals surface area contributed by atoms with Crippen molar-refractivity contribution in [1.82, 2.24) is 4.72 Å². The summed E-state index contributed by atoms with van der Waals surface area (Å²) in [7, 11) is -2.21. The smallest absolute Gasteiger partial charge is 0.241 e. The Morgan fingerprint density at radius 2 is 1.87 bits per heavy atom. The summed E-state index contributed by atoms with van der Waals surface area (Å²) < 4.78 is 32.6. The maximum Gasteiger partial charge on any atom is 0.241 e. The van der Waals surface area contributed by atoms with Crippen molar-refractivity contribution in [2.24, 2.45) is 5.92 Å². The van der Waals surface area contributed by atoms with E-state index in [-0.39, 0.29) is 16.7 Å². The average Bonchev–Trinajstić information content (AvgIpc) is 2.34. The minimum Gasteiger partial charge on any atom is -0.495 e. The van der Waals surface area contributed by atoms with Gasteiger partial charge in [-0.1, -0.05) is 13.8 Å². The number of rotatable bonds is 6. The molecule has 0 atom stereocenters. The van der Waals surface area contributed by atoms with Gasteiger partial charge in [-0.05, 0) is 44.9 Å². The molecule has 7 heteroatoms. The molecule has 1 rings (SSSR count). The first-order valence-corrected chi connectivity index (χ1v) is 8.95. The highest BCUT2D eigenvalue weighted by Gasteiger charge is 2.23. The molecular weight excluding hydrogens is 316 g/mol. The first kappa shape index (κ1) is 19.4. The second-order valence-electron chi connectivity index (χ2n) is 6.86. The van der Waals surface area contributed by atoms with Gasteiger partial charge in [0, 0.05) is 12.0 Å². The lowest BCUT2D eigenvalue weighted by Crippen LogP contribution is -2.40. The molecule has 1 amide bonds. The Bertz CT molecular complexity index is 661. The molecule has 23 heavy (non-hydrogen) atoms. The lowest BCUT2D eigenvalue weighted by molar-refractivity contribution is -0.116. The normalized spacial score (nSPS) is 12.3. The fourth-order valence-electron chi connectivity index (χ4n) is 1.99. The zero-order chi connectivity index (χ0) is 17.8. The van der Waals surface area contributed by atoms with E-state index in [1.165, 1.54) is 25.3 Å². The van der Waals surface area contributed by atoms with Crippen molar-refractivity contribution in [3.63, 3.8) is 0 Å². The predicted octanol–water partition coefficient (Wildman–Crippen LogP) is 2.76. The third-order valence-electron chi connectivity index (χ3n) is 2.79. The Morgan fingerprint density at radius 3 is 2.35 bits per heavy atom. The van der Waals surface area contributed by atoms with Crippen LogP contribution < -0.4 is 14.8 Å². The van der Waals surface area contributed by atoms with Crippen molar-refractivity contribution in [1.29, 1.82) is 0 Å². The van der Waals surface area contributed by atoms with E-state index in [0.717, 1.165) is 0 Å². The standard InChI is InChI=1S/C16H26N2O4S/c1-11(2)9-15(19)17-13-10-12(7-8-14(13)22-6)23(20,21)18-16(3,4)5/h7-8,10-11,18H,9H2,1-6H3,(H,17,19). The summed E-state index contributed by atoms with van der Waals surface area (Å²) >= 11 is 0. The van der Waals surface area contributed by atoms with Gasteiger partial charge in [-0.3, -0.25) is 4.79 Å². The highest BCUT2D eigenvalue weighted by Crippen LogP contribution is 2.28. The van der Waals surface area contributed by atoms with Gasteiger partial charge in [0.25, 0.3) is 0 Å². The molecule has 0 unspecified atom stereocenters. The summed E-state index contributed by atoms with van der Waals surface area (Å²) in [5.74, 6) is 0.434. The van der Waals surface area contributed by atoms with Gasteiger partial charge in [0.05, 0.1) is 17.7 Å². The minimum absolute atomic E-state index is 0.0769. The van der Waals surface area contributed by atoms with E-state index < -0.39 is 15.6 Å². The van der Waals surface area contributed by atoms with Gasteiger partial charge in [-0.15, -0.1) is 0 Å². The van der Waals surface area contributed by atoms with Gasteiger partial charge in [0.15, 0.2) is 0 Å².